The van der Waals surface area contributed by atoms with Crippen LogP contribution in [-0.2, 0) is 24.4 Å². The van der Waals surface area contributed by atoms with Crippen molar-refractivity contribution in [2.24, 2.45) is 0 Å². The van der Waals surface area contributed by atoms with Gasteiger partial charge in [0.25, 0.3) is 12.3 Å². The van der Waals surface area contributed by atoms with Crippen LogP contribution in [0.15, 0.2) is 35.1 Å². The van der Waals surface area contributed by atoms with Gasteiger partial charge in [-0.05, 0) is 38.0 Å². The van der Waals surface area contributed by atoms with Gasteiger partial charge in [-0.1, -0.05) is 0 Å². The van der Waals surface area contributed by atoms with Gasteiger partial charge in [-0.2, -0.15) is 10.2 Å². The third-order valence-corrected chi connectivity index (χ3v) is 4.92. The summed E-state index contributed by atoms with van der Waals surface area (Å²) >= 11 is 0. The first kappa shape index (κ1) is 20.8. The molecule has 0 bridgehead atoms. The van der Waals surface area contributed by atoms with Crippen molar-refractivity contribution < 1.29 is 22.8 Å². The highest BCUT2D eigenvalue weighted by atomic mass is 19.3. The van der Waals surface area contributed by atoms with Gasteiger partial charge in [0.05, 0.1) is 24.2 Å². The molecule has 1 saturated carbocycles. The molecule has 0 aliphatic heterocycles. The first-order valence-electron chi connectivity index (χ1n) is 9.98. The average Bonchev–Trinajstić information content (AvgIpc) is 3.14. The van der Waals surface area contributed by atoms with Gasteiger partial charge in [0.1, 0.15) is 18.0 Å². The minimum Gasteiger partial charge on any atom is -0.467 e. The topological polar surface area (TPSA) is 107 Å². The summed E-state index contributed by atoms with van der Waals surface area (Å²) in [5.74, 6) is -0.321. The number of nitrogens with one attached hydrogen (secondary N) is 2. The quantitative estimate of drug-likeness (QED) is 0.540. The Balaban J connectivity index is 1.46. The Morgan fingerprint density at radius 3 is 2.77 bits per heavy atom. The van der Waals surface area contributed by atoms with Crippen LogP contribution >= 0.6 is 0 Å². The van der Waals surface area contributed by atoms with Crippen LogP contribution in [0.3, 0.4) is 0 Å². The summed E-state index contributed by atoms with van der Waals surface area (Å²) in [6, 6.07) is 4.78. The van der Waals surface area contributed by atoms with E-state index in [-0.39, 0.29) is 29.5 Å². The maximum absolute atomic E-state index is 13.4. The van der Waals surface area contributed by atoms with Crippen LogP contribution in [0, 0.1) is 0 Å². The molecule has 3 aromatic heterocycles. The number of nitrogens with zero attached hydrogens (tertiary/aromatic N) is 4. The third kappa shape index (κ3) is 4.81. The predicted octanol–water partition coefficient (Wildman–Crippen LogP) is 3.08. The highest BCUT2D eigenvalue weighted by Gasteiger charge is 2.29. The number of hydrogen-bond donors (Lipinski definition) is 2. The van der Waals surface area contributed by atoms with Crippen molar-refractivity contribution in [1.29, 1.82) is 0 Å². The third-order valence-electron chi connectivity index (χ3n) is 4.92. The van der Waals surface area contributed by atoms with Gasteiger partial charge < -0.3 is 15.1 Å². The summed E-state index contributed by atoms with van der Waals surface area (Å²) in [5.41, 5.74) is 0.504. The fourth-order valence-corrected chi connectivity index (χ4v) is 3.17. The molecule has 1 aliphatic carbocycles. The summed E-state index contributed by atoms with van der Waals surface area (Å²) in [6.07, 6.45) is 2.11. The highest BCUT2D eigenvalue weighted by molar-refractivity contribution is 6.02. The van der Waals surface area contributed by atoms with Crippen LogP contribution < -0.4 is 10.6 Å². The van der Waals surface area contributed by atoms with Crippen molar-refractivity contribution >= 4 is 17.5 Å². The number of carbonyl (C=O) groups is 2. The number of anilines is 1. The van der Waals surface area contributed by atoms with Crippen molar-refractivity contribution in [3.05, 3.63) is 53.5 Å². The summed E-state index contributed by atoms with van der Waals surface area (Å²) in [5, 5.41) is 13.6. The molecule has 164 valence electrons. The SMILES string of the molecule is CCn1cc(NC(=O)Cn2nc(C3CC3)cc2C(F)F)c(C(=O)NCc2ccco2)n1. The average molecular weight is 432 g/mol. The van der Waals surface area contributed by atoms with E-state index in [0.29, 0.717) is 18.0 Å². The highest BCUT2D eigenvalue weighted by Crippen LogP contribution is 2.40. The molecule has 1 fully saturated rings. The molecule has 0 atom stereocenters. The molecule has 3 aromatic rings. The Morgan fingerprint density at radius 1 is 1.32 bits per heavy atom. The summed E-state index contributed by atoms with van der Waals surface area (Å²) in [7, 11) is 0. The van der Waals surface area contributed by atoms with Crippen LogP contribution in [0.25, 0.3) is 0 Å². The lowest BCUT2D eigenvalue weighted by molar-refractivity contribution is -0.117. The molecule has 4 rings (SSSR count). The van der Waals surface area contributed by atoms with Crippen molar-refractivity contribution in [1.82, 2.24) is 24.9 Å². The number of amides is 2. The zero-order chi connectivity index (χ0) is 22.0. The van der Waals surface area contributed by atoms with Crippen molar-refractivity contribution in [3.63, 3.8) is 0 Å². The van der Waals surface area contributed by atoms with Gasteiger partial charge in [0.15, 0.2) is 5.69 Å². The summed E-state index contributed by atoms with van der Waals surface area (Å²) in [6.45, 7) is 2.08. The van der Waals surface area contributed by atoms with E-state index >= 15 is 0 Å². The summed E-state index contributed by atoms with van der Waals surface area (Å²) < 4.78 is 34.4. The number of hydrogen-bond acceptors (Lipinski definition) is 5. The Morgan fingerprint density at radius 2 is 2.13 bits per heavy atom. The molecular formula is C20H22F2N6O3. The maximum Gasteiger partial charge on any atom is 0.280 e. The number of aromatic nitrogens is 4. The van der Waals surface area contributed by atoms with E-state index in [0.717, 1.165) is 17.5 Å². The lowest BCUT2D eigenvalue weighted by Crippen LogP contribution is -2.26. The van der Waals surface area contributed by atoms with Gasteiger partial charge in [-0.15, -0.1) is 0 Å². The molecule has 31 heavy (non-hydrogen) atoms. The van der Waals surface area contributed by atoms with Crippen LogP contribution in [-0.4, -0.2) is 31.4 Å². The molecule has 2 amide bonds. The molecule has 0 spiro atoms. The number of halogens is 2. The van der Waals surface area contributed by atoms with Crippen molar-refractivity contribution in [2.75, 3.05) is 5.32 Å². The fraction of sp³-hybridized carbons (Fsp3) is 0.400. The van der Waals surface area contributed by atoms with E-state index in [2.05, 4.69) is 20.8 Å². The van der Waals surface area contributed by atoms with Gasteiger partial charge in [0, 0.05) is 18.7 Å². The monoisotopic (exact) mass is 432 g/mol. The number of rotatable bonds is 9. The molecule has 2 N–H and O–H groups in total. The van der Waals surface area contributed by atoms with Gasteiger partial charge in [-0.25, -0.2) is 8.78 Å². The van der Waals surface area contributed by atoms with E-state index in [1.807, 2.05) is 6.92 Å². The van der Waals surface area contributed by atoms with Gasteiger partial charge in [0.2, 0.25) is 5.91 Å². The standard InChI is InChI=1S/C20H22F2N6O3/c1-2-27-10-15(18(26-27)20(30)23-9-13-4-3-7-31-13)24-17(29)11-28-16(19(21)22)8-14(25-28)12-5-6-12/h3-4,7-8,10,12,19H,2,5-6,9,11H2,1H3,(H,23,30)(H,24,29). The van der Waals surface area contributed by atoms with E-state index in [9.17, 15) is 18.4 Å². The van der Waals surface area contributed by atoms with E-state index in [4.69, 9.17) is 4.42 Å². The van der Waals surface area contributed by atoms with Crippen LogP contribution in [0.5, 0.6) is 0 Å². The van der Waals surface area contributed by atoms with Crippen LogP contribution in [0.4, 0.5) is 14.5 Å². The fourth-order valence-electron chi connectivity index (χ4n) is 3.17. The first-order valence-corrected chi connectivity index (χ1v) is 9.98. The lowest BCUT2D eigenvalue weighted by atomic mass is 10.3. The van der Waals surface area contributed by atoms with Crippen LogP contribution in [0.1, 0.15) is 59.7 Å². The largest absolute Gasteiger partial charge is 0.467 e. The Hall–Kier alpha value is -3.50. The minimum absolute atomic E-state index is 0.0231. The maximum atomic E-state index is 13.4. The van der Waals surface area contributed by atoms with Gasteiger partial charge in [-0.3, -0.25) is 19.0 Å². The Labute approximate surface area is 176 Å². The molecule has 11 heteroatoms. The molecule has 9 nitrogen and oxygen atoms in total. The van der Waals surface area contributed by atoms with Crippen LogP contribution in [0.2, 0.25) is 0 Å². The molecule has 3 heterocycles. The second-order valence-electron chi connectivity index (χ2n) is 7.28. The zero-order valence-electron chi connectivity index (χ0n) is 16.8. The lowest BCUT2D eigenvalue weighted by Gasteiger charge is -2.08. The Bertz CT molecular complexity index is 1070. The second-order valence-corrected chi connectivity index (χ2v) is 7.28. The van der Waals surface area contributed by atoms with E-state index < -0.39 is 24.8 Å². The molecule has 0 saturated heterocycles. The Kier molecular flexibility index (Phi) is 5.83. The molecular weight excluding hydrogens is 410 g/mol. The van der Waals surface area contributed by atoms with Crippen molar-refractivity contribution in [3.8, 4) is 0 Å². The van der Waals surface area contributed by atoms with E-state index in [1.165, 1.54) is 23.2 Å². The minimum atomic E-state index is -2.74. The first-order chi connectivity index (χ1) is 14.9. The van der Waals surface area contributed by atoms with Crippen molar-refractivity contribution in [2.45, 2.75) is 51.7 Å². The number of alkyl halides is 2. The normalized spacial score (nSPS) is 13.5. The second kappa shape index (κ2) is 8.70. The zero-order valence-corrected chi connectivity index (χ0v) is 16.8. The summed E-state index contributed by atoms with van der Waals surface area (Å²) in [4.78, 5) is 25.1. The molecule has 0 aromatic carbocycles. The smallest absolute Gasteiger partial charge is 0.280 e. The van der Waals surface area contributed by atoms with Gasteiger partial charge >= 0.3 is 0 Å². The molecule has 0 unspecified atom stereocenters. The predicted molar refractivity (Wildman–Crippen MR) is 106 cm³/mol. The number of aryl methyl sites for hydroxylation is 1. The molecule has 0 radical (unpaired) electrons. The number of furan rings is 1. The van der Waals surface area contributed by atoms with E-state index in [1.54, 1.807) is 12.1 Å². The number of carbonyl (C=O) groups excluding carboxylic acids is 2. The molecule has 1 aliphatic rings.